The molecule has 0 heterocycles. The number of carbonyl (C=O) groups is 3. The molecule has 0 spiro atoms. The minimum Gasteiger partial charge on any atom is -0.496 e. The molecular weight excluding hydrogens is 448 g/mol. The van der Waals surface area contributed by atoms with Crippen molar-refractivity contribution in [2.45, 2.75) is 31.5 Å². The van der Waals surface area contributed by atoms with E-state index in [1.165, 1.54) is 7.11 Å². The van der Waals surface area contributed by atoms with Gasteiger partial charge in [0.15, 0.2) is 0 Å². The van der Waals surface area contributed by atoms with Crippen LogP contribution in [0.25, 0.3) is 0 Å². The Balaban J connectivity index is 1.71. The number of carboxylic acid groups (broad SMARTS) is 1. The van der Waals surface area contributed by atoms with E-state index in [0.717, 1.165) is 11.1 Å². The van der Waals surface area contributed by atoms with Crippen molar-refractivity contribution in [1.29, 1.82) is 0 Å². The van der Waals surface area contributed by atoms with Crippen LogP contribution in [0.5, 0.6) is 5.75 Å². The van der Waals surface area contributed by atoms with Gasteiger partial charge in [0.2, 0.25) is 5.91 Å². The first-order valence-electron chi connectivity index (χ1n) is 11.1. The van der Waals surface area contributed by atoms with Gasteiger partial charge in [0, 0.05) is 12.8 Å². The van der Waals surface area contributed by atoms with Crippen LogP contribution in [-0.4, -0.2) is 42.3 Å². The third-order valence-electron chi connectivity index (χ3n) is 5.34. The van der Waals surface area contributed by atoms with E-state index in [1.807, 2.05) is 60.7 Å². The van der Waals surface area contributed by atoms with E-state index in [4.69, 9.17) is 9.47 Å². The summed E-state index contributed by atoms with van der Waals surface area (Å²) < 4.78 is 10.6. The summed E-state index contributed by atoms with van der Waals surface area (Å²) in [6.07, 6.45) is -0.600. The van der Waals surface area contributed by atoms with E-state index in [-0.39, 0.29) is 19.4 Å². The molecule has 0 aromatic heterocycles. The maximum absolute atomic E-state index is 13.1. The van der Waals surface area contributed by atoms with Gasteiger partial charge in [-0.3, -0.25) is 4.79 Å². The Morgan fingerprint density at radius 3 is 2.00 bits per heavy atom. The second kappa shape index (κ2) is 12.8. The summed E-state index contributed by atoms with van der Waals surface area (Å²) in [6, 6.07) is 23.0. The minimum atomic E-state index is -1.22. The number of aliphatic carboxylic acids is 1. The van der Waals surface area contributed by atoms with Crippen molar-refractivity contribution in [2.24, 2.45) is 0 Å². The molecule has 8 heteroatoms. The first-order valence-corrected chi connectivity index (χ1v) is 11.1. The maximum Gasteiger partial charge on any atom is 0.408 e. The first kappa shape index (κ1) is 25.3. The molecule has 3 aromatic carbocycles. The Labute approximate surface area is 203 Å². The number of methoxy groups -OCH3 is 1. The normalized spacial score (nSPS) is 12.1. The van der Waals surface area contributed by atoms with E-state index in [2.05, 4.69) is 10.6 Å². The van der Waals surface area contributed by atoms with Crippen LogP contribution < -0.4 is 15.4 Å². The zero-order valence-electron chi connectivity index (χ0n) is 19.3. The third kappa shape index (κ3) is 7.89. The van der Waals surface area contributed by atoms with Gasteiger partial charge in [-0.05, 0) is 22.8 Å². The molecule has 0 saturated carbocycles. The van der Waals surface area contributed by atoms with Crippen molar-refractivity contribution in [2.75, 3.05) is 7.11 Å². The lowest BCUT2D eigenvalue weighted by molar-refractivity contribution is -0.142. The van der Waals surface area contributed by atoms with Crippen LogP contribution in [0.1, 0.15) is 16.7 Å². The molecule has 2 amide bonds. The van der Waals surface area contributed by atoms with Crippen molar-refractivity contribution in [3.63, 3.8) is 0 Å². The second-order valence-corrected chi connectivity index (χ2v) is 7.86. The van der Waals surface area contributed by atoms with E-state index < -0.39 is 30.1 Å². The highest BCUT2D eigenvalue weighted by Crippen LogP contribution is 2.19. The first-order chi connectivity index (χ1) is 17.0. The number of amides is 2. The van der Waals surface area contributed by atoms with Crippen molar-refractivity contribution < 1.29 is 29.0 Å². The molecule has 0 fully saturated rings. The summed E-state index contributed by atoms with van der Waals surface area (Å²) in [7, 11) is 1.49. The number of hydrogen-bond donors (Lipinski definition) is 3. The highest BCUT2D eigenvalue weighted by molar-refractivity contribution is 5.89. The lowest BCUT2D eigenvalue weighted by Crippen LogP contribution is -2.53. The highest BCUT2D eigenvalue weighted by atomic mass is 16.5. The van der Waals surface area contributed by atoms with Crippen LogP contribution in [0.4, 0.5) is 4.79 Å². The SMILES string of the molecule is COc1ccccc1C[C@H](NC(=O)[C@@H](Cc1ccccc1)NC(=O)OCc1ccccc1)C(=O)O. The molecule has 35 heavy (non-hydrogen) atoms. The average molecular weight is 477 g/mol. The van der Waals surface area contributed by atoms with Crippen LogP contribution >= 0.6 is 0 Å². The smallest absolute Gasteiger partial charge is 0.408 e. The largest absolute Gasteiger partial charge is 0.496 e. The van der Waals surface area contributed by atoms with Gasteiger partial charge in [0.25, 0.3) is 0 Å². The van der Waals surface area contributed by atoms with Gasteiger partial charge in [-0.2, -0.15) is 0 Å². The molecule has 3 aromatic rings. The number of nitrogens with one attached hydrogen (secondary N) is 2. The summed E-state index contributed by atoms with van der Waals surface area (Å²) in [4.78, 5) is 37.5. The Bertz CT molecular complexity index is 1120. The third-order valence-corrected chi connectivity index (χ3v) is 5.34. The fourth-order valence-electron chi connectivity index (χ4n) is 3.53. The molecular formula is C27H28N2O6. The minimum absolute atomic E-state index is 0.0155. The highest BCUT2D eigenvalue weighted by Gasteiger charge is 2.28. The monoisotopic (exact) mass is 476 g/mol. The lowest BCUT2D eigenvalue weighted by atomic mass is 10.0. The van der Waals surface area contributed by atoms with E-state index in [9.17, 15) is 19.5 Å². The van der Waals surface area contributed by atoms with Crippen molar-refractivity contribution in [3.8, 4) is 5.75 Å². The standard InChI is InChI=1S/C27H28N2O6/c1-34-24-15-9-8-14-21(24)17-23(26(31)32)28-25(30)22(16-19-10-4-2-5-11-19)29-27(33)35-18-20-12-6-3-7-13-20/h2-15,22-23H,16-18H2,1H3,(H,28,30)(H,29,33)(H,31,32)/t22-,23+/m1/s1. The number of ether oxygens (including phenoxy) is 2. The van der Waals surface area contributed by atoms with Crippen molar-refractivity contribution in [3.05, 3.63) is 102 Å². The molecule has 0 saturated heterocycles. The predicted molar refractivity (Wildman–Crippen MR) is 130 cm³/mol. The molecule has 3 rings (SSSR count). The van der Waals surface area contributed by atoms with Crippen LogP contribution in [0, 0.1) is 0 Å². The number of rotatable bonds is 11. The molecule has 0 aliphatic heterocycles. The fourth-order valence-corrected chi connectivity index (χ4v) is 3.53. The summed E-state index contributed by atoms with van der Waals surface area (Å²) >= 11 is 0. The summed E-state index contributed by atoms with van der Waals surface area (Å²) in [6.45, 7) is 0.0396. The molecule has 8 nitrogen and oxygen atoms in total. The number of carbonyl (C=O) groups excluding carboxylic acids is 2. The zero-order chi connectivity index (χ0) is 25.0. The Hall–Kier alpha value is -4.33. The molecule has 0 aliphatic rings. The molecule has 0 radical (unpaired) electrons. The van der Waals surface area contributed by atoms with Gasteiger partial charge in [-0.25, -0.2) is 9.59 Å². The average Bonchev–Trinajstić information content (AvgIpc) is 2.88. The number of alkyl carbamates (subject to hydrolysis) is 1. The topological polar surface area (TPSA) is 114 Å². The second-order valence-electron chi connectivity index (χ2n) is 7.86. The maximum atomic E-state index is 13.1. The van der Waals surface area contributed by atoms with Gasteiger partial charge in [-0.1, -0.05) is 78.9 Å². The van der Waals surface area contributed by atoms with E-state index in [1.54, 1.807) is 24.3 Å². The fraction of sp³-hybridized carbons (Fsp3) is 0.222. The number of carboxylic acids is 1. The number of hydrogen-bond acceptors (Lipinski definition) is 5. The summed E-state index contributed by atoms with van der Waals surface area (Å²) in [5.74, 6) is -1.31. The Kier molecular flexibility index (Phi) is 9.24. The van der Waals surface area contributed by atoms with E-state index in [0.29, 0.717) is 11.3 Å². The molecule has 0 aliphatic carbocycles. The quantitative estimate of drug-likeness (QED) is 0.391. The predicted octanol–water partition coefficient (Wildman–Crippen LogP) is 3.34. The lowest BCUT2D eigenvalue weighted by Gasteiger charge is -2.22. The molecule has 0 unspecified atom stereocenters. The van der Waals surface area contributed by atoms with Crippen molar-refractivity contribution >= 4 is 18.0 Å². The van der Waals surface area contributed by atoms with Gasteiger partial charge < -0.3 is 25.2 Å². The van der Waals surface area contributed by atoms with Gasteiger partial charge in [0.05, 0.1) is 7.11 Å². The Morgan fingerprint density at radius 1 is 0.771 bits per heavy atom. The van der Waals surface area contributed by atoms with Crippen LogP contribution in [0.2, 0.25) is 0 Å². The molecule has 0 bridgehead atoms. The van der Waals surface area contributed by atoms with Crippen LogP contribution in [-0.2, 0) is 33.8 Å². The zero-order valence-corrected chi connectivity index (χ0v) is 19.3. The number of para-hydroxylation sites is 1. The summed E-state index contributed by atoms with van der Waals surface area (Å²) in [5, 5.41) is 14.9. The van der Waals surface area contributed by atoms with Gasteiger partial charge in [0.1, 0.15) is 24.4 Å². The van der Waals surface area contributed by atoms with Gasteiger partial charge >= 0.3 is 12.1 Å². The van der Waals surface area contributed by atoms with Crippen LogP contribution in [0.15, 0.2) is 84.9 Å². The number of benzene rings is 3. The Morgan fingerprint density at radius 2 is 1.37 bits per heavy atom. The summed E-state index contributed by atoms with van der Waals surface area (Å²) in [5.41, 5.74) is 2.24. The molecule has 3 N–H and O–H groups in total. The molecule has 182 valence electrons. The van der Waals surface area contributed by atoms with Crippen LogP contribution in [0.3, 0.4) is 0 Å². The van der Waals surface area contributed by atoms with Crippen molar-refractivity contribution in [1.82, 2.24) is 10.6 Å². The molecule has 2 atom stereocenters. The van der Waals surface area contributed by atoms with Gasteiger partial charge in [-0.15, -0.1) is 0 Å². The van der Waals surface area contributed by atoms with E-state index >= 15 is 0 Å².